The van der Waals surface area contributed by atoms with E-state index in [1.807, 2.05) is 6.92 Å². The van der Waals surface area contributed by atoms with Gasteiger partial charge in [0, 0.05) is 0 Å². The van der Waals surface area contributed by atoms with Gasteiger partial charge in [-0.3, -0.25) is 0 Å². The summed E-state index contributed by atoms with van der Waals surface area (Å²) in [5.41, 5.74) is 10.8. The van der Waals surface area contributed by atoms with Crippen molar-refractivity contribution in [2.75, 3.05) is 0 Å². The van der Waals surface area contributed by atoms with Crippen LogP contribution in [0.5, 0.6) is 0 Å². The quantitative estimate of drug-likeness (QED) is 0.493. The predicted molar refractivity (Wildman–Crippen MR) is 62.7 cm³/mol. The van der Waals surface area contributed by atoms with Crippen LogP contribution in [0.25, 0.3) is 0 Å². The molecule has 0 saturated carbocycles. The second kappa shape index (κ2) is 4.83. The van der Waals surface area contributed by atoms with Gasteiger partial charge in [-0.25, -0.2) is 17.9 Å². The summed E-state index contributed by atoms with van der Waals surface area (Å²) >= 11 is 0. The Morgan fingerprint density at radius 1 is 1.24 bits per heavy atom. The Kier molecular flexibility index (Phi) is 3.69. The van der Waals surface area contributed by atoms with E-state index in [0.717, 1.165) is 5.56 Å². The lowest BCUT2D eigenvalue weighted by Gasteiger charge is -2.04. The lowest BCUT2D eigenvalue weighted by Crippen LogP contribution is -2.32. The maximum atomic E-state index is 11.7. The summed E-state index contributed by atoms with van der Waals surface area (Å²) in [5.74, 6) is -0.512. The van der Waals surface area contributed by atoms with E-state index in [1.54, 1.807) is 16.9 Å². The van der Waals surface area contributed by atoms with E-state index in [1.165, 1.54) is 12.1 Å². The molecule has 2 amide bonds. The minimum Gasteiger partial charge on any atom is -0.370 e. The Hall–Kier alpha value is -2.09. The van der Waals surface area contributed by atoms with E-state index in [2.05, 4.69) is 4.99 Å². The van der Waals surface area contributed by atoms with Crippen molar-refractivity contribution in [2.45, 2.75) is 11.8 Å². The zero-order valence-corrected chi connectivity index (χ0v) is 9.86. The van der Waals surface area contributed by atoms with Crippen molar-refractivity contribution >= 4 is 22.0 Å². The van der Waals surface area contributed by atoms with Gasteiger partial charge in [0.05, 0.1) is 4.90 Å². The molecule has 0 aliphatic carbocycles. The van der Waals surface area contributed by atoms with Crippen molar-refractivity contribution in [1.29, 1.82) is 0 Å². The number of sulfonamides is 1. The van der Waals surface area contributed by atoms with E-state index >= 15 is 0 Å². The number of nitrogens with two attached hydrogens (primary N) is 2. The molecular formula is C9H12N4O3S. The van der Waals surface area contributed by atoms with Crippen LogP contribution in [0.1, 0.15) is 5.56 Å². The molecular weight excluding hydrogens is 244 g/mol. The third-order valence-electron chi connectivity index (χ3n) is 1.78. The number of rotatable bonds is 2. The van der Waals surface area contributed by atoms with Crippen molar-refractivity contribution in [2.24, 2.45) is 16.5 Å². The second-order valence-corrected chi connectivity index (χ2v) is 4.94. The smallest absolute Gasteiger partial charge is 0.358 e. The number of benzene rings is 1. The molecule has 0 saturated heterocycles. The zero-order chi connectivity index (χ0) is 13.1. The Balaban J connectivity index is 2.93. The Bertz CT molecular complexity index is 544. The number of urea groups is 1. The molecule has 0 spiro atoms. The van der Waals surface area contributed by atoms with Gasteiger partial charge in [0.1, 0.15) is 0 Å². The van der Waals surface area contributed by atoms with Gasteiger partial charge in [0.15, 0.2) is 5.96 Å². The van der Waals surface area contributed by atoms with Gasteiger partial charge >= 0.3 is 6.03 Å². The third kappa shape index (κ3) is 3.76. The van der Waals surface area contributed by atoms with Gasteiger partial charge in [-0.05, 0) is 19.1 Å². The summed E-state index contributed by atoms with van der Waals surface area (Å²) in [7, 11) is -3.94. The highest BCUT2D eigenvalue weighted by Crippen LogP contribution is 2.09. The number of amides is 2. The van der Waals surface area contributed by atoms with Crippen LogP contribution >= 0.6 is 0 Å². The Morgan fingerprint density at radius 3 is 2.24 bits per heavy atom. The number of nitrogens with one attached hydrogen (secondary N) is 1. The van der Waals surface area contributed by atoms with E-state index < -0.39 is 22.0 Å². The van der Waals surface area contributed by atoms with Gasteiger partial charge in [-0.15, -0.1) is 0 Å². The first kappa shape index (κ1) is 13.0. The zero-order valence-electron chi connectivity index (χ0n) is 9.04. The fraction of sp³-hybridized carbons (Fsp3) is 0.111. The largest absolute Gasteiger partial charge is 0.370 e. The minimum absolute atomic E-state index is 0.0396. The molecule has 1 rings (SSSR count). The SMILES string of the molecule is Cc1ccc(S(=O)(=O)NC(=O)N=C(N)N)cc1. The number of aryl methyl sites for hydroxylation is 1. The van der Waals surface area contributed by atoms with Gasteiger partial charge < -0.3 is 11.5 Å². The van der Waals surface area contributed by atoms with Crippen LogP contribution in [0.4, 0.5) is 4.79 Å². The fourth-order valence-electron chi connectivity index (χ4n) is 1.03. The number of nitrogens with zero attached hydrogens (tertiary/aromatic N) is 1. The first-order valence-corrected chi connectivity index (χ1v) is 6.02. The highest BCUT2D eigenvalue weighted by molar-refractivity contribution is 7.90. The van der Waals surface area contributed by atoms with E-state index in [-0.39, 0.29) is 4.90 Å². The fourth-order valence-corrected chi connectivity index (χ4v) is 1.92. The lowest BCUT2D eigenvalue weighted by molar-refractivity contribution is 0.254. The van der Waals surface area contributed by atoms with Crippen molar-refractivity contribution in [1.82, 2.24) is 4.72 Å². The molecule has 0 radical (unpaired) electrons. The van der Waals surface area contributed by atoms with Crippen LogP contribution in [0.15, 0.2) is 34.2 Å². The molecule has 0 atom stereocenters. The van der Waals surface area contributed by atoms with E-state index in [0.29, 0.717) is 0 Å². The van der Waals surface area contributed by atoms with Crippen LogP contribution in [-0.2, 0) is 10.0 Å². The molecule has 0 bridgehead atoms. The van der Waals surface area contributed by atoms with Crippen molar-refractivity contribution in [3.05, 3.63) is 29.8 Å². The number of aliphatic imine (C=N–C) groups is 1. The first-order chi connectivity index (χ1) is 7.81. The van der Waals surface area contributed by atoms with E-state index in [9.17, 15) is 13.2 Å². The summed E-state index contributed by atoms with van der Waals surface area (Å²) in [5, 5.41) is 0. The maximum absolute atomic E-state index is 11.7. The molecule has 8 heteroatoms. The monoisotopic (exact) mass is 256 g/mol. The summed E-state index contributed by atoms with van der Waals surface area (Å²) in [6, 6.07) is 4.84. The highest BCUT2D eigenvalue weighted by atomic mass is 32.2. The van der Waals surface area contributed by atoms with Crippen LogP contribution in [0.3, 0.4) is 0 Å². The average molecular weight is 256 g/mol. The highest BCUT2D eigenvalue weighted by Gasteiger charge is 2.16. The number of hydrogen-bond acceptors (Lipinski definition) is 3. The van der Waals surface area contributed by atoms with Crippen molar-refractivity contribution in [3.63, 3.8) is 0 Å². The van der Waals surface area contributed by atoms with Crippen molar-refractivity contribution < 1.29 is 13.2 Å². The number of hydrogen-bond donors (Lipinski definition) is 3. The molecule has 1 aromatic carbocycles. The summed E-state index contributed by atoms with van der Waals surface area (Å²) in [6.45, 7) is 1.81. The van der Waals surface area contributed by atoms with Crippen LogP contribution in [0, 0.1) is 6.92 Å². The molecule has 1 aromatic rings. The first-order valence-electron chi connectivity index (χ1n) is 4.54. The van der Waals surface area contributed by atoms with Gasteiger partial charge in [0.25, 0.3) is 10.0 Å². The Labute approximate surface area is 98.6 Å². The summed E-state index contributed by atoms with van der Waals surface area (Å²) in [4.78, 5) is 14.1. The molecule has 0 aliphatic heterocycles. The van der Waals surface area contributed by atoms with Gasteiger partial charge in [-0.2, -0.15) is 4.99 Å². The van der Waals surface area contributed by atoms with Crippen LogP contribution in [-0.4, -0.2) is 20.4 Å². The normalized spacial score (nSPS) is 10.6. The molecule has 0 aromatic heterocycles. The topological polar surface area (TPSA) is 128 Å². The van der Waals surface area contributed by atoms with Crippen LogP contribution in [0.2, 0.25) is 0 Å². The number of guanidine groups is 1. The molecule has 5 N–H and O–H groups in total. The second-order valence-electron chi connectivity index (χ2n) is 3.26. The Morgan fingerprint density at radius 2 is 1.76 bits per heavy atom. The molecule has 17 heavy (non-hydrogen) atoms. The molecule has 0 aliphatic rings. The molecule has 0 heterocycles. The molecule has 0 unspecified atom stereocenters. The maximum Gasteiger partial charge on any atom is 0.358 e. The molecule has 0 fully saturated rings. The molecule has 7 nitrogen and oxygen atoms in total. The predicted octanol–water partition coefficient (Wildman–Crippen LogP) is -0.333. The third-order valence-corrected chi connectivity index (χ3v) is 3.12. The number of carbonyl (C=O) groups excluding carboxylic acids is 1. The van der Waals surface area contributed by atoms with Gasteiger partial charge in [-0.1, -0.05) is 17.7 Å². The summed E-state index contributed by atoms with van der Waals surface area (Å²) in [6.07, 6.45) is 0. The lowest BCUT2D eigenvalue weighted by atomic mass is 10.2. The minimum atomic E-state index is -3.94. The number of carbonyl (C=O) groups is 1. The standard InChI is InChI=1S/C9H12N4O3S/c1-6-2-4-7(5-3-6)17(15,16)13-9(14)12-8(10)11/h2-5H,1H3,(H5,10,11,12,13,14). The molecule has 92 valence electrons. The summed E-state index contributed by atoms with van der Waals surface area (Å²) < 4.78 is 25.0. The van der Waals surface area contributed by atoms with Gasteiger partial charge in [0.2, 0.25) is 0 Å². The average Bonchev–Trinajstić information content (AvgIpc) is 2.15. The van der Waals surface area contributed by atoms with Crippen LogP contribution < -0.4 is 16.2 Å². The van der Waals surface area contributed by atoms with Crippen molar-refractivity contribution in [3.8, 4) is 0 Å². The van der Waals surface area contributed by atoms with E-state index in [4.69, 9.17) is 11.5 Å².